The lowest BCUT2D eigenvalue weighted by atomic mass is 9.65. The van der Waals surface area contributed by atoms with Crippen LogP contribution in [0.3, 0.4) is 0 Å². The van der Waals surface area contributed by atoms with Crippen molar-refractivity contribution in [3.8, 4) is 11.5 Å². The Bertz CT molecular complexity index is 1100. The normalized spacial score (nSPS) is 24.5. The molecule has 0 radical (unpaired) electrons. The Balaban J connectivity index is 1.48. The highest BCUT2D eigenvalue weighted by Gasteiger charge is 2.50. The summed E-state index contributed by atoms with van der Waals surface area (Å²) in [6.45, 7) is 0.928. The van der Waals surface area contributed by atoms with Crippen LogP contribution in [0.1, 0.15) is 36.8 Å². The summed E-state index contributed by atoms with van der Waals surface area (Å²) in [5, 5.41) is 5.46. The number of likely N-dealkylation sites (N-methyl/N-ethyl adjacent to an activating group) is 1. The number of hydrogen-bond donors (Lipinski definition) is 2. The molecule has 0 aromatic heterocycles. The first-order valence-electron chi connectivity index (χ1n) is 11.4. The van der Waals surface area contributed by atoms with Crippen molar-refractivity contribution in [1.29, 1.82) is 0 Å². The van der Waals surface area contributed by atoms with Gasteiger partial charge in [0.2, 0.25) is 0 Å². The zero-order valence-electron chi connectivity index (χ0n) is 19.8. The molecule has 2 aromatic rings. The summed E-state index contributed by atoms with van der Waals surface area (Å²) < 4.78 is 50.1. The zero-order valence-corrected chi connectivity index (χ0v) is 20.6. The quantitative estimate of drug-likeness (QED) is 0.541. The number of fused-ring (bicyclic) bond motifs is 1. The molecule has 2 amide bonds. The number of anilines is 1. The Morgan fingerprint density at radius 3 is 2.54 bits per heavy atom. The third-order valence-corrected chi connectivity index (χ3v) is 7.69. The van der Waals surface area contributed by atoms with Crippen LogP contribution in [0.4, 0.5) is 23.7 Å². The highest BCUT2D eigenvalue weighted by atomic mass is 35.5. The van der Waals surface area contributed by atoms with Crippen LogP contribution in [-0.2, 0) is 11.6 Å². The van der Waals surface area contributed by atoms with Crippen LogP contribution in [-0.4, -0.2) is 50.8 Å². The van der Waals surface area contributed by atoms with E-state index in [9.17, 15) is 18.0 Å². The first-order valence-corrected chi connectivity index (χ1v) is 11.8. The zero-order chi connectivity index (χ0) is 25.4. The summed E-state index contributed by atoms with van der Waals surface area (Å²) >= 11 is 6.02. The lowest BCUT2D eigenvalue weighted by molar-refractivity contribution is -0.137. The molecule has 2 aliphatic rings. The Labute approximate surface area is 207 Å². The maximum absolute atomic E-state index is 13.0. The molecular formula is C25H29ClF3N3O3. The summed E-state index contributed by atoms with van der Waals surface area (Å²) in [7, 11) is 5.31. The van der Waals surface area contributed by atoms with Crippen molar-refractivity contribution in [1.82, 2.24) is 10.2 Å². The lowest BCUT2D eigenvalue weighted by Crippen LogP contribution is -2.52. The number of urea groups is 1. The standard InChI is InChI=1S/C25H29ClF3N3O3/c1-32-11-10-24(15-5-7-20(34-2)21(13-15)35-3)9-8-17(14-22(24)32)30-23(33)31-19-12-16(25(27,28)29)4-6-18(19)26/h4-7,12-13,17,22H,8-11,14H2,1-3H3,(H2,30,31,33)/t17-,22+,24-/m0/s1. The molecule has 2 aromatic carbocycles. The molecule has 1 aliphatic heterocycles. The van der Waals surface area contributed by atoms with E-state index in [2.05, 4.69) is 28.6 Å². The van der Waals surface area contributed by atoms with E-state index in [0.29, 0.717) is 17.9 Å². The van der Waals surface area contributed by atoms with Crippen molar-refractivity contribution in [2.45, 2.75) is 49.4 Å². The molecule has 4 rings (SSSR count). The van der Waals surface area contributed by atoms with Crippen molar-refractivity contribution in [2.75, 3.05) is 33.1 Å². The van der Waals surface area contributed by atoms with Gasteiger partial charge in [-0.25, -0.2) is 4.79 Å². The third-order valence-electron chi connectivity index (χ3n) is 7.36. The lowest BCUT2D eigenvalue weighted by Gasteiger charge is -2.45. The molecule has 35 heavy (non-hydrogen) atoms. The van der Waals surface area contributed by atoms with Crippen molar-refractivity contribution < 1.29 is 27.4 Å². The van der Waals surface area contributed by atoms with E-state index in [1.54, 1.807) is 14.2 Å². The van der Waals surface area contributed by atoms with E-state index in [0.717, 1.165) is 44.0 Å². The van der Waals surface area contributed by atoms with Crippen LogP contribution in [0.25, 0.3) is 0 Å². The van der Waals surface area contributed by atoms with Gasteiger partial charge in [-0.2, -0.15) is 13.2 Å². The van der Waals surface area contributed by atoms with Crippen molar-refractivity contribution in [3.63, 3.8) is 0 Å². The molecule has 10 heteroatoms. The predicted octanol–water partition coefficient (Wildman–Crippen LogP) is 5.69. The molecule has 2 N–H and O–H groups in total. The molecule has 1 saturated carbocycles. The number of halogens is 4. The summed E-state index contributed by atoms with van der Waals surface area (Å²) in [5.74, 6) is 1.36. The highest BCUT2D eigenvalue weighted by Crippen LogP contribution is 2.50. The van der Waals surface area contributed by atoms with Gasteiger partial charge >= 0.3 is 12.2 Å². The molecular weight excluding hydrogens is 483 g/mol. The van der Waals surface area contributed by atoms with E-state index in [1.165, 1.54) is 5.56 Å². The minimum Gasteiger partial charge on any atom is -0.493 e. The van der Waals surface area contributed by atoms with E-state index < -0.39 is 17.8 Å². The second kappa shape index (κ2) is 9.78. The first-order chi connectivity index (χ1) is 16.6. The number of nitrogens with zero attached hydrogens (tertiary/aromatic N) is 1. The fraction of sp³-hybridized carbons (Fsp3) is 0.480. The maximum Gasteiger partial charge on any atom is 0.416 e. The third kappa shape index (κ3) is 5.02. The van der Waals surface area contributed by atoms with E-state index in [-0.39, 0.29) is 28.2 Å². The van der Waals surface area contributed by atoms with Crippen LogP contribution in [0.5, 0.6) is 11.5 Å². The number of hydrogen-bond acceptors (Lipinski definition) is 4. The largest absolute Gasteiger partial charge is 0.493 e. The van der Waals surface area contributed by atoms with Gasteiger partial charge in [-0.3, -0.25) is 0 Å². The number of rotatable bonds is 5. The fourth-order valence-corrected chi connectivity index (χ4v) is 5.70. The number of nitrogens with one attached hydrogen (secondary N) is 2. The number of amides is 2. The number of carbonyl (C=O) groups is 1. The number of alkyl halides is 3. The van der Waals surface area contributed by atoms with Gasteiger partial charge in [0.05, 0.1) is 30.5 Å². The molecule has 190 valence electrons. The number of benzene rings is 2. The van der Waals surface area contributed by atoms with Crippen molar-refractivity contribution >= 4 is 23.3 Å². The van der Waals surface area contributed by atoms with Crippen molar-refractivity contribution in [2.24, 2.45) is 0 Å². The van der Waals surface area contributed by atoms with E-state index >= 15 is 0 Å². The minimum atomic E-state index is -4.53. The molecule has 1 heterocycles. The molecule has 0 spiro atoms. The smallest absolute Gasteiger partial charge is 0.416 e. The number of ether oxygens (including phenoxy) is 2. The van der Waals surface area contributed by atoms with Gasteiger partial charge in [0, 0.05) is 17.5 Å². The average Bonchev–Trinajstić information content (AvgIpc) is 3.16. The second-order valence-corrected chi connectivity index (χ2v) is 9.64. The predicted molar refractivity (Wildman–Crippen MR) is 129 cm³/mol. The molecule has 3 atom stereocenters. The van der Waals surface area contributed by atoms with Gasteiger partial charge < -0.3 is 25.0 Å². The van der Waals surface area contributed by atoms with Gasteiger partial charge in [0.15, 0.2) is 11.5 Å². The van der Waals surface area contributed by atoms with Gasteiger partial charge in [-0.05, 0) is 75.2 Å². The summed E-state index contributed by atoms with van der Waals surface area (Å²) in [4.78, 5) is 15.0. The summed E-state index contributed by atoms with van der Waals surface area (Å²) in [6, 6.07) is 8.41. The summed E-state index contributed by atoms with van der Waals surface area (Å²) in [5.41, 5.74) is 0.158. The van der Waals surface area contributed by atoms with Crippen LogP contribution in [0, 0.1) is 0 Å². The molecule has 1 aliphatic carbocycles. The van der Waals surface area contributed by atoms with Crippen LogP contribution in [0.2, 0.25) is 5.02 Å². The molecule has 1 saturated heterocycles. The molecule has 0 bridgehead atoms. The van der Waals surface area contributed by atoms with Gasteiger partial charge in [-0.1, -0.05) is 17.7 Å². The molecule has 2 fully saturated rings. The average molecular weight is 512 g/mol. The van der Waals surface area contributed by atoms with Gasteiger partial charge in [0.1, 0.15) is 0 Å². The second-order valence-electron chi connectivity index (χ2n) is 9.23. The van der Waals surface area contributed by atoms with Gasteiger partial charge in [-0.15, -0.1) is 0 Å². The van der Waals surface area contributed by atoms with Gasteiger partial charge in [0.25, 0.3) is 0 Å². The summed E-state index contributed by atoms with van der Waals surface area (Å²) in [6.07, 6.45) is -1.23. The Morgan fingerprint density at radius 1 is 1.11 bits per heavy atom. The topological polar surface area (TPSA) is 62.8 Å². The number of carbonyl (C=O) groups excluding carboxylic acids is 1. The Hall–Kier alpha value is -2.65. The Morgan fingerprint density at radius 2 is 1.86 bits per heavy atom. The highest BCUT2D eigenvalue weighted by molar-refractivity contribution is 6.33. The van der Waals surface area contributed by atoms with E-state index in [4.69, 9.17) is 21.1 Å². The fourth-order valence-electron chi connectivity index (χ4n) is 5.54. The SMILES string of the molecule is COc1ccc([C@@]23CC[C@H](NC(=O)Nc4cc(C(F)(F)F)ccc4Cl)C[C@H]2N(C)CC3)cc1OC. The molecule has 0 unspecified atom stereocenters. The molecule has 6 nitrogen and oxygen atoms in total. The number of methoxy groups -OCH3 is 2. The monoisotopic (exact) mass is 511 g/mol. The van der Waals surface area contributed by atoms with Crippen molar-refractivity contribution in [3.05, 3.63) is 52.5 Å². The maximum atomic E-state index is 13.0. The first kappa shape index (κ1) is 25.4. The van der Waals surface area contributed by atoms with E-state index in [1.807, 2.05) is 12.1 Å². The van der Waals surface area contributed by atoms with Crippen LogP contribution < -0.4 is 20.1 Å². The number of likely N-dealkylation sites (tertiary alicyclic amines) is 1. The Kier molecular flexibility index (Phi) is 7.11. The van der Waals surface area contributed by atoms with Crippen LogP contribution in [0.15, 0.2) is 36.4 Å². The minimum absolute atomic E-state index is 0.0415. The van der Waals surface area contributed by atoms with Crippen LogP contribution >= 0.6 is 11.6 Å².